The van der Waals surface area contributed by atoms with E-state index in [1.54, 1.807) is 14.2 Å². The highest BCUT2D eigenvalue weighted by atomic mass is 16.5. The van der Waals surface area contributed by atoms with Crippen molar-refractivity contribution < 1.29 is 9.47 Å². The molecule has 2 heterocycles. The van der Waals surface area contributed by atoms with E-state index in [1.807, 2.05) is 24.3 Å². The van der Waals surface area contributed by atoms with Crippen molar-refractivity contribution in [2.75, 3.05) is 39.6 Å². The number of hydrogen-bond donors (Lipinski definition) is 2. The van der Waals surface area contributed by atoms with Crippen molar-refractivity contribution in [2.24, 2.45) is 0 Å². The standard InChI is InChI=1S/C24H27N5O2/c1-30-14-13-26-12-11-17-3-7-19(8-4-17)29-15-21(18-5-9-20(31-2)10-6-18)22-23(25)27-16-28-24(22)29/h3-10,15-16,26H,11-14H2,1-2H3,(H2,25,27,28). The maximum Gasteiger partial charge on any atom is 0.150 e. The minimum atomic E-state index is 0.466. The van der Waals surface area contributed by atoms with Crippen LogP contribution in [0.2, 0.25) is 0 Å². The number of nitrogens with zero attached hydrogens (tertiary/aromatic N) is 3. The molecule has 0 saturated carbocycles. The Hall–Kier alpha value is -3.42. The number of fused-ring (bicyclic) bond motifs is 1. The fourth-order valence-electron chi connectivity index (χ4n) is 3.63. The summed E-state index contributed by atoms with van der Waals surface area (Å²) in [6.07, 6.45) is 4.54. The van der Waals surface area contributed by atoms with Crippen LogP contribution in [0, 0.1) is 0 Å². The smallest absolute Gasteiger partial charge is 0.150 e. The number of aromatic nitrogens is 3. The van der Waals surface area contributed by atoms with Crippen LogP contribution in [-0.4, -0.2) is 48.5 Å². The molecule has 0 saturated heterocycles. The molecule has 2 aromatic heterocycles. The van der Waals surface area contributed by atoms with Crippen molar-refractivity contribution in [3.8, 4) is 22.6 Å². The monoisotopic (exact) mass is 417 g/mol. The molecule has 0 aliphatic heterocycles. The van der Waals surface area contributed by atoms with Crippen molar-refractivity contribution in [1.82, 2.24) is 19.9 Å². The van der Waals surface area contributed by atoms with Gasteiger partial charge in [0.1, 0.15) is 17.9 Å². The first kappa shape index (κ1) is 20.8. The zero-order valence-electron chi connectivity index (χ0n) is 17.8. The number of nitrogens with two attached hydrogens (primary N) is 1. The highest BCUT2D eigenvalue weighted by Gasteiger charge is 2.16. The molecule has 31 heavy (non-hydrogen) atoms. The summed E-state index contributed by atoms with van der Waals surface area (Å²) < 4.78 is 12.4. The minimum Gasteiger partial charge on any atom is -0.497 e. The molecule has 0 spiro atoms. The summed E-state index contributed by atoms with van der Waals surface area (Å²) in [5, 5.41) is 4.22. The third kappa shape index (κ3) is 4.52. The molecular formula is C24H27N5O2. The summed E-state index contributed by atoms with van der Waals surface area (Å²) in [6.45, 7) is 2.50. The second-order valence-corrected chi connectivity index (χ2v) is 7.26. The van der Waals surface area contributed by atoms with Crippen LogP contribution in [0.4, 0.5) is 5.82 Å². The lowest BCUT2D eigenvalue weighted by Gasteiger charge is -2.07. The molecule has 0 fully saturated rings. The lowest BCUT2D eigenvalue weighted by Crippen LogP contribution is -2.21. The van der Waals surface area contributed by atoms with Crippen LogP contribution in [0.1, 0.15) is 5.56 Å². The van der Waals surface area contributed by atoms with E-state index >= 15 is 0 Å². The van der Waals surface area contributed by atoms with Gasteiger partial charge in [-0.3, -0.25) is 0 Å². The fourth-order valence-corrected chi connectivity index (χ4v) is 3.63. The van der Waals surface area contributed by atoms with Gasteiger partial charge in [-0.25, -0.2) is 9.97 Å². The summed E-state index contributed by atoms with van der Waals surface area (Å²) in [4.78, 5) is 8.74. The Morgan fingerprint density at radius 2 is 1.74 bits per heavy atom. The van der Waals surface area contributed by atoms with E-state index in [1.165, 1.54) is 11.9 Å². The Balaban J connectivity index is 1.64. The van der Waals surface area contributed by atoms with Crippen molar-refractivity contribution in [3.05, 3.63) is 66.6 Å². The third-order valence-corrected chi connectivity index (χ3v) is 5.30. The molecule has 7 nitrogen and oxygen atoms in total. The van der Waals surface area contributed by atoms with Gasteiger partial charge in [-0.1, -0.05) is 24.3 Å². The van der Waals surface area contributed by atoms with Gasteiger partial charge in [0.25, 0.3) is 0 Å². The Kier molecular flexibility index (Phi) is 6.45. The van der Waals surface area contributed by atoms with E-state index in [0.717, 1.165) is 59.7 Å². The molecule has 4 aromatic rings. The predicted molar refractivity (Wildman–Crippen MR) is 124 cm³/mol. The van der Waals surface area contributed by atoms with Gasteiger partial charge in [0.05, 0.1) is 19.1 Å². The van der Waals surface area contributed by atoms with E-state index in [2.05, 4.69) is 50.3 Å². The lowest BCUT2D eigenvalue weighted by molar-refractivity contribution is 0.199. The Labute approximate surface area is 181 Å². The molecule has 3 N–H and O–H groups in total. The summed E-state index contributed by atoms with van der Waals surface area (Å²) in [5.74, 6) is 1.28. The molecule has 160 valence electrons. The van der Waals surface area contributed by atoms with Gasteiger partial charge in [-0.05, 0) is 48.4 Å². The summed E-state index contributed by atoms with van der Waals surface area (Å²) in [5.41, 5.74) is 11.4. The fraction of sp³-hybridized carbons (Fsp3) is 0.250. The summed E-state index contributed by atoms with van der Waals surface area (Å²) in [7, 11) is 3.37. The molecule has 0 radical (unpaired) electrons. The number of anilines is 1. The molecule has 0 amide bonds. The highest BCUT2D eigenvalue weighted by Crippen LogP contribution is 2.34. The van der Waals surface area contributed by atoms with Gasteiger partial charge in [0.15, 0.2) is 5.65 Å². The number of methoxy groups -OCH3 is 2. The zero-order valence-corrected chi connectivity index (χ0v) is 17.8. The van der Waals surface area contributed by atoms with E-state index in [4.69, 9.17) is 15.2 Å². The van der Waals surface area contributed by atoms with E-state index in [0.29, 0.717) is 5.82 Å². The van der Waals surface area contributed by atoms with Crippen LogP contribution in [0.5, 0.6) is 5.75 Å². The van der Waals surface area contributed by atoms with Gasteiger partial charge < -0.3 is 25.1 Å². The van der Waals surface area contributed by atoms with E-state index in [9.17, 15) is 0 Å². The Morgan fingerprint density at radius 3 is 2.45 bits per heavy atom. The first-order valence-electron chi connectivity index (χ1n) is 10.3. The van der Waals surface area contributed by atoms with Crippen molar-refractivity contribution >= 4 is 16.9 Å². The molecule has 0 aliphatic carbocycles. The van der Waals surface area contributed by atoms with Gasteiger partial charge in [0, 0.05) is 31.1 Å². The van der Waals surface area contributed by atoms with E-state index in [-0.39, 0.29) is 0 Å². The van der Waals surface area contributed by atoms with Gasteiger partial charge >= 0.3 is 0 Å². The average Bonchev–Trinajstić information content (AvgIpc) is 3.20. The van der Waals surface area contributed by atoms with Crippen LogP contribution >= 0.6 is 0 Å². The maximum absolute atomic E-state index is 6.25. The van der Waals surface area contributed by atoms with Crippen LogP contribution in [0.3, 0.4) is 0 Å². The number of rotatable bonds is 9. The average molecular weight is 418 g/mol. The number of benzene rings is 2. The number of nitrogens with one attached hydrogen (secondary N) is 1. The first-order chi connectivity index (χ1) is 15.2. The maximum atomic E-state index is 6.25. The number of ether oxygens (including phenoxy) is 2. The van der Waals surface area contributed by atoms with Crippen molar-refractivity contribution in [3.63, 3.8) is 0 Å². The molecule has 4 rings (SSSR count). The zero-order chi connectivity index (χ0) is 21.6. The predicted octanol–water partition coefficient (Wildman–Crippen LogP) is 3.46. The van der Waals surface area contributed by atoms with E-state index < -0.39 is 0 Å². The van der Waals surface area contributed by atoms with Crippen LogP contribution in [0.25, 0.3) is 27.8 Å². The second kappa shape index (κ2) is 9.59. The van der Waals surface area contributed by atoms with Crippen LogP contribution < -0.4 is 15.8 Å². The van der Waals surface area contributed by atoms with Gasteiger partial charge in [0.2, 0.25) is 0 Å². The summed E-state index contributed by atoms with van der Waals surface area (Å²) in [6, 6.07) is 16.4. The quantitative estimate of drug-likeness (QED) is 0.406. The van der Waals surface area contributed by atoms with Gasteiger partial charge in [-0.2, -0.15) is 0 Å². The summed E-state index contributed by atoms with van der Waals surface area (Å²) >= 11 is 0. The van der Waals surface area contributed by atoms with Crippen LogP contribution in [-0.2, 0) is 11.2 Å². The number of hydrogen-bond acceptors (Lipinski definition) is 6. The minimum absolute atomic E-state index is 0.466. The second-order valence-electron chi connectivity index (χ2n) is 7.26. The number of nitrogen functional groups attached to an aromatic ring is 1. The molecule has 0 unspecified atom stereocenters. The first-order valence-corrected chi connectivity index (χ1v) is 10.3. The Bertz CT molecular complexity index is 1140. The van der Waals surface area contributed by atoms with Crippen molar-refractivity contribution in [2.45, 2.75) is 6.42 Å². The highest BCUT2D eigenvalue weighted by molar-refractivity contribution is 6.01. The van der Waals surface area contributed by atoms with Crippen LogP contribution in [0.15, 0.2) is 61.1 Å². The largest absolute Gasteiger partial charge is 0.497 e. The molecule has 0 aliphatic rings. The molecule has 7 heteroatoms. The van der Waals surface area contributed by atoms with Gasteiger partial charge in [-0.15, -0.1) is 0 Å². The molecule has 0 bridgehead atoms. The molecule has 0 atom stereocenters. The lowest BCUT2D eigenvalue weighted by atomic mass is 10.1. The van der Waals surface area contributed by atoms with Crippen molar-refractivity contribution in [1.29, 1.82) is 0 Å². The normalized spacial score (nSPS) is 11.2. The third-order valence-electron chi connectivity index (χ3n) is 5.30. The molecule has 2 aromatic carbocycles. The Morgan fingerprint density at radius 1 is 0.968 bits per heavy atom. The topological polar surface area (TPSA) is 87.2 Å². The SMILES string of the molecule is COCCNCCc1ccc(-n2cc(-c3ccc(OC)cc3)c3c(N)ncnc32)cc1. The molecular weight excluding hydrogens is 390 g/mol.